The van der Waals surface area contributed by atoms with Crippen molar-refractivity contribution in [2.75, 3.05) is 0 Å². The fourth-order valence-corrected chi connectivity index (χ4v) is 2.66. The van der Waals surface area contributed by atoms with Crippen LogP contribution in [0, 0.1) is 24.0 Å². The van der Waals surface area contributed by atoms with Crippen molar-refractivity contribution in [3.8, 4) is 0 Å². The highest BCUT2D eigenvalue weighted by Crippen LogP contribution is 2.20. The average molecular weight is 294 g/mol. The van der Waals surface area contributed by atoms with Crippen LogP contribution in [-0.4, -0.2) is 14.7 Å². The molecule has 0 aliphatic carbocycles. The molecule has 1 aromatic heterocycles. The van der Waals surface area contributed by atoms with Crippen molar-refractivity contribution in [3.63, 3.8) is 0 Å². The molecular weight excluding hydrogens is 278 g/mol. The third-order valence-electron chi connectivity index (χ3n) is 3.45. The Hall–Kier alpha value is -1.88. The van der Waals surface area contributed by atoms with Crippen LogP contribution in [0.5, 0.6) is 0 Å². The summed E-state index contributed by atoms with van der Waals surface area (Å²) in [6.45, 7) is 4.50. The Bertz CT molecular complexity index is 637. The standard InChI is InChI=1S/C14H16ClN3O2/c1-10-13(9-15)11(2)17(16-10)8-7-12-5-3-4-6-14(12)18(19)20/h3-6H,7-9H2,1-2H3. The Balaban J connectivity index is 2.19. The highest BCUT2D eigenvalue weighted by atomic mass is 35.5. The van der Waals surface area contributed by atoms with Crippen LogP contribution in [0.3, 0.4) is 0 Å². The van der Waals surface area contributed by atoms with E-state index >= 15 is 0 Å². The molecule has 0 aliphatic heterocycles. The number of nitro groups is 1. The minimum atomic E-state index is -0.347. The smallest absolute Gasteiger partial charge is 0.269 e. The first-order valence-corrected chi connectivity index (χ1v) is 6.89. The van der Waals surface area contributed by atoms with Gasteiger partial charge in [-0.3, -0.25) is 14.8 Å². The second-order valence-corrected chi connectivity index (χ2v) is 4.91. The minimum Gasteiger partial charge on any atom is -0.269 e. The van der Waals surface area contributed by atoms with Gasteiger partial charge in [0.1, 0.15) is 0 Å². The van der Waals surface area contributed by atoms with Crippen molar-refractivity contribution in [1.29, 1.82) is 0 Å². The van der Waals surface area contributed by atoms with Crippen LogP contribution in [0.25, 0.3) is 0 Å². The van der Waals surface area contributed by atoms with E-state index in [0.717, 1.165) is 22.5 Å². The molecule has 2 aromatic rings. The number of rotatable bonds is 5. The first-order valence-electron chi connectivity index (χ1n) is 6.35. The lowest BCUT2D eigenvalue weighted by Crippen LogP contribution is -2.07. The molecule has 0 aliphatic rings. The van der Waals surface area contributed by atoms with E-state index in [-0.39, 0.29) is 10.6 Å². The zero-order valence-corrected chi connectivity index (χ0v) is 12.2. The van der Waals surface area contributed by atoms with E-state index in [1.54, 1.807) is 12.1 Å². The molecule has 20 heavy (non-hydrogen) atoms. The summed E-state index contributed by atoms with van der Waals surface area (Å²) in [4.78, 5) is 10.6. The number of hydrogen-bond donors (Lipinski definition) is 0. The van der Waals surface area contributed by atoms with Crippen LogP contribution < -0.4 is 0 Å². The van der Waals surface area contributed by atoms with Crippen LogP contribution in [0.4, 0.5) is 5.69 Å². The van der Waals surface area contributed by atoms with Crippen LogP contribution in [0.15, 0.2) is 24.3 Å². The number of nitrogens with zero attached hydrogens (tertiary/aromatic N) is 3. The minimum absolute atomic E-state index is 0.159. The molecule has 0 amide bonds. The van der Waals surface area contributed by atoms with Gasteiger partial charge >= 0.3 is 0 Å². The summed E-state index contributed by atoms with van der Waals surface area (Å²) >= 11 is 5.89. The van der Waals surface area contributed by atoms with Gasteiger partial charge in [0.15, 0.2) is 0 Å². The first-order chi connectivity index (χ1) is 9.54. The molecule has 2 rings (SSSR count). The van der Waals surface area contributed by atoms with E-state index in [9.17, 15) is 10.1 Å². The number of para-hydroxylation sites is 1. The number of hydrogen-bond acceptors (Lipinski definition) is 3. The Morgan fingerprint density at radius 2 is 2.05 bits per heavy atom. The summed E-state index contributed by atoms with van der Waals surface area (Å²) in [5.41, 5.74) is 3.86. The van der Waals surface area contributed by atoms with Gasteiger partial charge in [0.25, 0.3) is 5.69 Å². The van der Waals surface area contributed by atoms with Gasteiger partial charge in [-0.15, -0.1) is 11.6 Å². The van der Waals surface area contributed by atoms with Crippen molar-refractivity contribution in [3.05, 3.63) is 56.9 Å². The summed E-state index contributed by atoms with van der Waals surface area (Å²) in [6.07, 6.45) is 0.570. The molecule has 0 fully saturated rings. The topological polar surface area (TPSA) is 61.0 Å². The Morgan fingerprint density at radius 1 is 1.35 bits per heavy atom. The molecule has 0 saturated heterocycles. The molecule has 0 saturated carbocycles. The quantitative estimate of drug-likeness (QED) is 0.482. The lowest BCUT2D eigenvalue weighted by molar-refractivity contribution is -0.385. The van der Waals surface area contributed by atoms with Gasteiger partial charge in [0.05, 0.1) is 16.5 Å². The van der Waals surface area contributed by atoms with Gasteiger partial charge in [-0.1, -0.05) is 18.2 Å². The molecular formula is C14H16ClN3O2. The highest BCUT2D eigenvalue weighted by molar-refractivity contribution is 6.17. The third-order valence-corrected chi connectivity index (χ3v) is 3.71. The van der Waals surface area contributed by atoms with Gasteiger partial charge in [-0.05, 0) is 20.3 Å². The van der Waals surface area contributed by atoms with E-state index in [0.29, 0.717) is 18.8 Å². The number of alkyl halides is 1. The molecule has 0 bridgehead atoms. The second kappa shape index (κ2) is 6.05. The normalized spacial score (nSPS) is 10.8. The SMILES string of the molecule is Cc1nn(CCc2ccccc2[N+](=O)[O-])c(C)c1CCl. The highest BCUT2D eigenvalue weighted by Gasteiger charge is 2.14. The Kier molecular flexibility index (Phi) is 4.39. The maximum Gasteiger partial charge on any atom is 0.272 e. The van der Waals surface area contributed by atoms with E-state index in [1.165, 1.54) is 6.07 Å². The molecule has 0 unspecified atom stereocenters. The zero-order valence-electron chi connectivity index (χ0n) is 11.5. The van der Waals surface area contributed by atoms with Crippen molar-refractivity contribution >= 4 is 17.3 Å². The van der Waals surface area contributed by atoms with Crippen LogP contribution in [0.2, 0.25) is 0 Å². The third kappa shape index (κ3) is 2.82. The molecule has 0 radical (unpaired) electrons. The van der Waals surface area contributed by atoms with Crippen molar-refractivity contribution in [2.45, 2.75) is 32.7 Å². The predicted molar refractivity (Wildman–Crippen MR) is 78.1 cm³/mol. The van der Waals surface area contributed by atoms with Crippen molar-refractivity contribution < 1.29 is 4.92 Å². The van der Waals surface area contributed by atoms with Crippen LogP contribution in [0.1, 0.15) is 22.5 Å². The fourth-order valence-electron chi connectivity index (χ4n) is 2.27. The second-order valence-electron chi connectivity index (χ2n) is 4.64. The van der Waals surface area contributed by atoms with Crippen molar-refractivity contribution in [1.82, 2.24) is 9.78 Å². The number of aromatic nitrogens is 2. The molecule has 106 valence electrons. The lowest BCUT2D eigenvalue weighted by atomic mass is 10.1. The van der Waals surface area contributed by atoms with Gasteiger partial charge < -0.3 is 0 Å². The molecule has 6 heteroatoms. The molecule has 0 atom stereocenters. The summed E-state index contributed by atoms with van der Waals surface area (Å²) in [7, 11) is 0. The summed E-state index contributed by atoms with van der Waals surface area (Å²) in [6, 6.07) is 6.80. The molecule has 1 heterocycles. The van der Waals surface area contributed by atoms with E-state index in [1.807, 2.05) is 24.6 Å². The fraction of sp³-hybridized carbons (Fsp3) is 0.357. The first kappa shape index (κ1) is 14.5. The van der Waals surface area contributed by atoms with Gasteiger partial charge in [0.2, 0.25) is 0 Å². The predicted octanol–water partition coefficient (Wildman–Crippen LogP) is 3.39. The van der Waals surface area contributed by atoms with Crippen LogP contribution in [-0.2, 0) is 18.8 Å². The monoisotopic (exact) mass is 293 g/mol. The maximum atomic E-state index is 11.0. The Morgan fingerprint density at radius 3 is 2.65 bits per heavy atom. The molecule has 1 aromatic carbocycles. The number of aryl methyl sites for hydroxylation is 3. The van der Waals surface area contributed by atoms with Crippen LogP contribution >= 0.6 is 11.6 Å². The van der Waals surface area contributed by atoms with E-state index < -0.39 is 0 Å². The molecule has 0 N–H and O–H groups in total. The van der Waals surface area contributed by atoms with E-state index in [4.69, 9.17) is 11.6 Å². The van der Waals surface area contributed by atoms with Gasteiger partial charge in [-0.2, -0.15) is 5.10 Å². The lowest BCUT2D eigenvalue weighted by Gasteiger charge is -2.06. The maximum absolute atomic E-state index is 11.0. The molecule has 5 nitrogen and oxygen atoms in total. The summed E-state index contributed by atoms with van der Waals surface area (Å²) in [5.74, 6) is 0.434. The summed E-state index contributed by atoms with van der Waals surface area (Å²) < 4.78 is 1.86. The van der Waals surface area contributed by atoms with Gasteiger partial charge in [0, 0.05) is 29.4 Å². The zero-order chi connectivity index (χ0) is 14.7. The van der Waals surface area contributed by atoms with E-state index in [2.05, 4.69) is 5.10 Å². The average Bonchev–Trinajstić information content (AvgIpc) is 2.70. The molecule has 0 spiro atoms. The largest absolute Gasteiger partial charge is 0.272 e. The summed E-state index contributed by atoms with van der Waals surface area (Å²) in [5, 5.41) is 15.4. The van der Waals surface area contributed by atoms with Gasteiger partial charge in [-0.25, -0.2) is 0 Å². The number of halogens is 1. The number of benzene rings is 1. The van der Waals surface area contributed by atoms with Crippen molar-refractivity contribution in [2.24, 2.45) is 0 Å². The number of nitro benzene ring substituents is 1. The Labute approximate surface area is 122 Å².